The summed E-state index contributed by atoms with van der Waals surface area (Å²) in [4.78, 5) is 7.60. The number of aromatic nitrogens is 1. The molecule has 0 atom stereocenters. The monoisotopic (exact) mass is 279 g/mol. The van der Waals surface area contributed by atoms with Crippen molar-refractivity contribution in [2.45, 2.75) is 19.9 Å². The lowest BCUT2D eigenvalue weighted by Crippen LogP contribution is -2.15. The van der Waals surface area contributed by atoms with Crippen LogP contribution in [0.4, 0.5) is 15.2 Å². The summed E-state index contributed by atoms with van der Waals surface area (Å²) in [5.74, 6) is -0.207. The summed E-state index contributed by atoms with van der Waals surface area (Å²) in [7, 11) is 1.99. The van der Waals surface area contributed by atoms with Crippen LogP contribution in [-0.4, -0.2) is 18.6 Å². The first-order chi connectivity index (χ1) is 9.19. The molecule has 1 aromatic heterocycles. The van der Waals surface area contributed by atoms with Gasteiger partial charge < -0.3 is 10.2 Å². The van der Waals surface area contributed by atoms with E-state index < -0.39 is 0 Å². The summed E-state index contributed by atoms with van der Waals surface area (Å²) >= 11 is 1.66. The summed E-state index contributed by atoms with van der Waals surface area (Å²) in [5.41, 5.74) is 0.998. The van der Waals surface area contributed by atoms with E-state index >= 15 is 0 Å². The Bertz CT molecular complexity index is 510. The Morgan fingerprint density at radius 3 is 2.74 bits per heavy atom. The maximum absolute atomic E-state index is 12.9. The van der Waals surface area contributed by atoms with Gasteiger partial charge in [-0.1, -0.05) is 6.92 Å². The van der Waals surface area contributed by atoms with E-state index in [2.05, 4.69) is 22.1 Å². The number of rotatable bonds is 6. The van der Waals surface area contributed by atoms with Crippen LogP contribution in [0, 0.1) is 5.82 Å². The standard InChI is InChI=1S/C14H18FN3S/c1-3-8-16-14-17-9-13(19-14)10-18(2)12-6-4-11(15)5-7-12/h4-7,9H,3,8,10H2,1-2H3,(H,16,17). The summed E-state index contributed by atoms with van der Waals surface area (Å²) in [5, 5.41) is 4.24. The van der Waals surface area contributed by atoms with Crippen molar-refractivity contribution >= 4 is 22.2 Å². The van der Waals surface area contributed by atoms with Gasteiger partial charge in [0.25, 0.3) is 0 Å². The van der Waals surface area contributed by atoms with Crippen LogP contribution in [0.2, 0.25) is 0 Å². The van der Waals surface area contributed by atoms with Crippen molar-refractivity contribution in [3.05, 3.63) is 41.2 Å². The molecule has 1 N–H and O–H groups in total. The van der Waals surface area contributed by atoms with Gasteiger partial charge in [0, 0.05) is 30.4 Å². The average molecular weight is 279 g/mol. The third-order valence-corrected chi connectivity index (χ3v) is 3.68. The Morgan fingerprint density at radius 1 is 1.32 bits per heavy atom. The zero-order valence-corrected chi connectivity index (χ0v) is 12.0. The molecule has 0 aliphatic carbocycles. The maximum atomic E-state index is 12.9. The molecule has 0 saturated heterocycles. The first kappa shape index (κ1) is 13.8. The number of thiazole rings is 1. The van der Waals surface area contributed by atoms with Crippen LogP contribution in [-0.2, 0) is 6.54 Å². The molecule has 0 spiro atoms. The molecule has 0 saturated carbocycles. The van der Waals surface area contributed by atoms with Crippen molar-refractivity contribution in [2.75, 3.05) is 23.8 Å². The Labute approximate surface area is 117 Å². The fourth-order valence-electron chi connectivity index (χ4n) is 1.71. The van der Waals surface area contributed by atoms with E-state index in [0.717, 1.165) is 30.3 Å². The zero-order valence-electron chi connectivity index (χ0n) is 11.2. The topological polar surface area (TPSA) is 28.2 Å². The smallest absolute Gasteiger partial charge is 0.182 e. The van der Waals surface area contributed by atoms with Crippen molar-refractivity contribution < 1.29 is 4.39 Å². The van der Waals surface area contributed by atoms with Gasteiger partial charge in [0.2, 0.25) is 0 Å². The molecule has 3 nitrogen and oxygen atoms in total. The molecule has 102 valence electrons. The van der Waals surface area contributed by atoms with Gasteiger partial charge in [-0.3, -0.25) is 0 Å². The summed E-state index contributed by atoms with van der Waals surface area (Å²) in [6, 6.07) is 6.53. The average Bonchev–Trinajstić information content (AvgIpc) is 2.84. The first-order valence-corrected chi connectivity index (χ1v) is 7.16. The van der Waals surface area contributed by atoms with Crippen molar-refractivity contribution in [1.29, 1.82) is 0 Å². The number of halogens is 1. The van der Waals surface area contributed by atoms with E-state index in [9.17, 15) is 4.39 Å². The van der Waals surface area contributed by atoms with Crippen molar-refractivity contribution in [2.24, 2.45) is 0 Å². The fourth-order valence-corrected chi connectivity index (χ4v) is 2.61. The Balaban J connectivity index is 1.96. The number of nitrogens with zero attached hydrogens (tertiary/aromatic N) is 2. The molecule has 19 heavy (non-hydrogen) atoms. The molecular weight excluding hydrogens is 261 g/mol. The molecule has 0 unspecified atom stereocenters. The molecule has 0 radical (unpaired) electrons. The van der Waals surface area contributed by atoms with E-state index in [-0.39, 0.29) is 5.82 Å². The quantitative estimate of drug-likeness (QED) is 0.873. The highest BCUT2D eigenvalue weighted by Gasteiger charge is 2.06. The summed E-state index contributed by atoms with van der Waals surface area (Å²) < 4.78 is 12.9. The third kappa shape index (κ3) is 3.92. The first-order valence-electron chi connectivity index (χ1n) is 6.34. The number of anilines is 2. The Morgan fingerprint density at radius 2 is 2.05 bits per heavy atom. The van der Waals surface area contributed by atoms with Gasteiger partial charge >= 0.3 is 0 Å². The molecule has 2 rings (SSSR count). The molecule has 2 aromatic rings. The van der Waals surface area contributed by atoms with Crippen LogP contribution >= 0.6 is 11.3 Å². The van der Waals surface area contributed by atoms with Gasteiger partial charge in [-0.15, -0.1) is 11.3 Å². The van der Waals surface area contributed by atoms with E-state index in [0.29, 0.717) is 0 Å². The lowest BCUT2D eigenvalue weighted by atomic mass is 10.3. The van der Waals surface area contributed by atoms with Crippen LogP contribution < -0.4 is 10.2 Å². The Kier molecular flexibility index (Phi) is 4.74. The summed E-state index contributed by atoms with van der Waals surface area (Å²) in [6.07, 6.45) is 2.98. The predicted octanol–water partition coefficient (Wildman–Crippen LogP) is 3.74. The summed E-state index contributed by atoms with van der Waals surface area (Å²) in [6.45, 7) is 3.85. The molecule has 5 heteroatoms. The van der Waals surface area contributed by atoms with E-state index in [4.69, 9.17) is 0 Å². The number of hydrogen-bond acceptors (Lipinski definition) is 4. The highest BCUT2D eigenvalue weighted by molar-refractivity contribution is 7.15. The number of hydrogen-bond donors (Lipinski definition) is 1. The molecule has 0 fully saturated rings. The normalized spacial score (nSPS) is 10.5. The maximum Gasteiger partial charge on any atom is 0.182 e. The van der Waals surface area contributed by atoms with Crippen LogP contribution in [0.15, 0.2) is 30.5 Å². The van der Waals surface area contributed by atoms with E-state index in [1.165, 1.54) is 17.0 Å². The zero-order chi connectivity index (χ0) is 13.7. The lowest BCUT2D eigenvalue weighted by Gasteiger charge is -2.17. The van der Waals surface area contributed by atoms with Gasteiger partial charge in [-0.2, -0.15) is 0 Å². The van der Waals surface area contributed by atoms with Gasteiger partial charge in [0.05, 0.1) is 6.54 Å². The van der Waals surface area contributed by atoms with Crippen molar-refractivity contribution in [3.8, 4) is 0 Å². The van der Waals surface area contributed by atoms with Crippen LogP contribution in [0.3, 0.4) is 0 Å². The Hall–Kier alpha value is -1.62. The van der Waals surface area contributed by atoms with Crippen LogP contribution in [0.1, 0.15) is 18.2 Å². The van der Waals surface area contributed by atoms with Crippen LogP contribution in [0.5, 0.6) is 0 Å². The molecule has 1 aromatic carbocycles. The number of nitrogens with one attached hydrogen (secondary N) is 1. The molecule has 0 aliphatic rings. The van der Waals surface area contributed by atoms with Gasteiger partial charge in [-0.05, 0) is 30.7 Å². The second-order valence-corrected chi connectivity index (χ2v) is 5.51. The molecule has 0 amide bonds. The predicted molar refractivity (Wildman–Crippen MR) is 79.4 cm³/mol. The van der Waals surface area contributed by atoms with E-state index in [1.807, 2.05) is 13.2 Å². The van der Waals surface area contributed by atoms with Gasteiger partial charge in [0.15, 0.2) is 5.13 Å². The minimum absolute atomic E-state index is 0.207. The van der Waals surface area contributed by atoms with Gasteiger partial charge in [0.1, 0.15) is 5.82 Å². The molecule has 1 heterocycles. The highest BCUT2D eigenvalue weighted by atomic mass is 32.1. The fraction of sp³-hybridized carbons (Fsp3) is 0.357. The van der Waals surface area contributed by atoms with E-state index in [1.54, 1.807) is 23.5 Å². The minimum atomic E-state index is -0.207. The molecular formula is C14H18FN3S. The minimum Gasteiger partial charge on any atom is -0.369 e. The van der Waals surface area contributed by atoms with Crippen molar-refractivity contribution in [3.63, 3.8) is 0 Å². The second-order valence-electron chi connectivity index (χ2n) is 4.39. The number of benzene rings is 1. The third-order valence-electron chi connectivity index (χ3n) is 2.74. The van der Waals surface area contributed by atoms with Crippen LogP contribution in [0.25, 0.3) is 0 Å². The SMILES string of the molecule is CCCNc1ncc(CN(C)c2ccc(F)cc2)s1. The second kappa shape index (κ2) is 6.52. The lowest BCUT2D eigenvalue weighted by molar-refractivity contribution is 0.627. The molecule has 0 aliphatic heterocycles. The van der Waals surface area contributed by atoms with Gasteiger partial charge in [-0.25, -0.2) is 9.37 Å². The highest BCUT2D eigenvalue weighted by Crippen LogP contribution is 2.22. The van der Waals surface area contributed by atoms with Crippen molar-refractivity contribution in [1.82, 2.24) is 4.98 Å². The molecule has 0 bridgehead atoms. The largest absolute Gasteiger partial charge is 0.369 e.